The van der Waals surface area contributed by atoms with Crippen molar-refractivity contribution in [3.05, 3.63) is 53.5 Å². The molecule has 2 heterocycles. The second-order valence-corrected chi connectivity index (χ2v) is 11.5. The summed E-state index contributed by atoms with van der Waals surface area (Å²) in [6.07, 6.45) is -3.99. The molecule has 0 saturated heterocycles. The molecule has 2 atom stereocenters. The fraction of sp³-hybridized carbons (Fsp3) is 0.423. The second kappa shape index (κ2) is 9.28. The number of carbonyl (C=O) groups is 1. The molecule has 2 aliphatic rings. The molecule has 2 aromatic carbocycles. The van der Waals surface area contributed by atoms with Gasteiger partial charge in [-0.25, -0.2) is 4.39 Å². The molecule has 4 N–H and O–H groups in total. The zero-order chi connectivity index (χ0) is 27.6. The summed E-state index contributed by atoms with van der Waals surface area (Å²) < 4.78 is 51.9. The molecule has 8 nitrogen and oxygen atoms in total. The third-order valence-electron chi connectivity index (χ3n) is 7.24. The highest BCUT2D eigenvalue weighted by Gasteiger charge is 2.53. The summed E-state index contributed by atoms with van der Waals surface area (Å²) in [5.41, 5.74) is -0.386. The van der Waals surface area contributed by atoms with Crippen molar-refractivity contribution in [2.45, 2.75) is 60.6 Å². The first-order chi connectivity index (χ1) is 17.8. The van der Waals surface area contributed by atoms with Gasteiger partial charge in [0, 0.05) is 22.6 Å². The molecule has 1 amide bonds. The molecule has 0 spiro atoms. The molecular weight excluding hydrogens is 620 g/mol. The molecule has 38 heavy (non-hydrogen) atoms. The van der Waals surface area contributed by atoms with Crippen LogP contribution in [0.4, 0.5) is 18.9 Å². The Balaban J connectivity index is 1.48. The average molecular weight is 646 g/mol. The minimum atomic E-state index is -3.77. The van der Waals surface area contributed by atoms with Gasteiger partial charge in [-0.3, -0.25) is 4.79 Å². The number of nitrogens with zero attached hydrogens (tertiary/aromatic N) is 1. The molecule has 5 rings (SSSR count). The van der Waals surface area contributed by atoms with Crippen LogP contribution in [0.1, 0.15) is 37.9 Å². The van der Waals surface area contributed by atoms with Crippen molar-refractivity contribution in [3.8, 4) is 11.5 Å². The van der Waals surface area contributed by atoms with E-state index in [1.165, 1.54) is 30.3 Å². The van der Waals surface area contributed by atoms with Crippen LogP contribution in [0, 0.1) is 5.82 Å². The molecule has 0 bridgehead atoms. The standard InChI is InChI=1S/C26H26F3IN2O6/c1-24(2,22(30)35)21-8-13-7-17(16(27)10-18(13)32(21)11-15(34)12-33)31-23(36)25(5-6-25)14-3-4-19-20(9-14)38-26(28,29)37-19/h3-4,7-10,15,22,33-35H,5-6,11-12H2,1-2H3,(H,31,36). The first kappa shape index (κ1) is 27.0. The molecule has 1 aliphatic heterocycles. The minimum Gasteiger partial charge on any atom is -0.395 e. The van der Waals surface area contributed by atoms with Crippen molar-refractivity contribution in [2.24, 2.45) is 0 Å². The van der Waals surface area contributed by atoms with Gasteiger partial charge in [0.05, 0.1) is 35.9 Å². The summed E-state index contributed by atoms with van der Waals surface area (Å²) in [5, 5.41) is 33.1. The average Bonchev–Trinajstić information content (AvgIpc) is 3.50. The second-order valence-electron chi connectivity index (χ2n) is 10.3. The molecule has 1 aromatic heterocycles. The van der Waals surface area contributed by atoms with Gasteiger partial charge in [0.1, 0.15) is 9.93 Å². The van der Waals surface area contributed by atoms with E-state index in [0.29, 0.717) is 35.0 Å². The van der Waals surface area contributed by atoms with Gasteiger partial charge in [-0.15, -0.1) is 8.78 Å². The molecular formula is C26H26F3IN2O6. The Morgan fingerprint density at radius 3 is 2.47 bits per heavy atom. The van der Waals surface area contributed by atoms with E-state index in [1.54, 1.807) is 24.5 Å². The van der Waals surface area contributed by atoms with E-state index in [9.17, 15) is 28.9 Å². The smallest absolute Gasteiger partial charge is 0.395 e. The molecule has 204 valence electrons. The van der Waals surface area contributed by atoms with Crippen LogP contribution in [0.25, 0.3) is 10.9 Å². The van der Waals surface area contributed by atoms with Crippen molar-refractivity contribution < 1.29 is 42.8 Å². The summed E-state index contributed by atoms with van der Waals surface area (Å²) in [4.78, 5) is 13.3. The number of anilines is 1. The van der Waals surface area contributed by atoms with Gasteiger partial charge in [-0.2, -0.15) is 0 Å². The lowest BCUT2D eigenvalue weighted by Crippen LogP contribution is -2.33. The summed E-state index contributed by atoms with van der Waals surface area (Å²) >= 11 is 1.88. The van der Waals surface area contributed by atoms with E-state index in [0.717, 1.165) is 0 Å². The third kappa shape index (κ3) is 4.61. The van der Waals surface area contributed by atoms with Crippen LogP contribution in [0.3, 0.4) is 0 Å². The molecule has 1 fully saturated rings. The number of benzene rings is 2. The zero-order valence-electron chi connectivity index (χ0n) is 20.5. The quantitative estimate of drug-likeness (QED) is 0.216. The number of hydrogen-bond donors (Lipinski definition) is 4. The Morgan fingerprint density at radius 2 is 1.84 bits per heavy atom. The van der Waals surface area contributed by atoms with Crippen LogP contribution in [0.2, 0.25) is 0 Å². The number of fused-ring (bicyclic) bond motifs is 2. The molecule has 12 heteroatoms. The maximum atomic E-state index is 15.3. The number of amides is 1. The number of aromatic nitrogens is 1. The highest BCUT2D eigenvalue weighted by atomic mass is 127. The van der Waals surface area contributed by atoms with Gasteiger partial charge >= 0.3 is 6.29 Å². The van der Waals surface area contributed by atoms with Gasteiger partial charge in [0.25, 0.3) is 0 Å². The predicted molar refractivity (Wildman–Crippen MR) is 140 cm³/mol. The number of carbonyl (C=O) groups excluding carboxylic acids is 1. The van der Waals surface area contributed by atoms with Crippen LogP contribution >= 0.6 is 22.6 Å². The van der Waals surface area contributed by atoms with Crippen molar-refractivity contribution in [3.63, 3.8) is 0 Å². The fourth-order valence-electron chi connectivity index (χ4n) is 4.76. The van der Waals surface area contributed by atoms with Crippen molar-refractivity contribution >= 4 is 45.1 Å². The molecule has 1 saturated carbocycles. The van der Waals surface area contributed by atoms with Crippen molar-refractivity contribution in [1.82, 2.24) is 4.57 Å². The van der Waals surface area contributed by atoms with Gasteiger partial charge < -0.3 is 34.7 Å². The Hall–Kier alpha value is -2.55. The third-order valence-corrected chi connectivity index (χ3v) is 8.79. The minimum absolute atomic E-state index is 0.0282. The van der Waals surface area contributed by atoms with E-state index < -0.39 is 45.7 Å². The lowest BCUT2D eigenvalue weighted by Gasteiger charge is -2.29. The number of aliphatic hydroxyl groups is 3. The first-order valence-corrected chi connectivity index (χ1v) is 13.2. The van der Waals surface area contributed by atoms with Crippen LogP contribution in [0.15, 0.2) is 36.4 Å². The topological polar surface area (TPSA) is 113 Å². The number of hydrogen-bond acceptors (Lipinski definition) is 6. The number of nitrogens with one attached hydrogen (secondary N) is 1. The van der Waals surface area contributed by atoms with E-state index >= 15 is 4.39 Å². The Morgan fingerprint density at radius 1 is 1.16 bits per heavy atom. The highest BCUT2D eigenvalue weighted by Crippen LogP contribution is 2.52. The Labute approximate surface area is 229 Å². The summed E-state index contributed by atoms with van der Waals surface area (Å²) in [6, 6.07) is 8.64. The zero-order valence-corrected chi connectivity index (χ0v) is 22.6. The summed E-state index contributed by atoms with van der Waals surface area (Å²) in [5.74, 6) is -1.50. The van der Waals surface area contributed by atoms with Gasteiger partial charge in [0.15, 0.2) is 11.5 Å². The normalized spacial score (nSPS) is 18.9. The van der Waals surface area contributed by atoms with Crippen LogP contribution < -0.4 is 14.8 Å². The van der Waals surface area contributed by atoms with Crippen LogP contribution in [0.5, 0.6) is 11.5 Å². The van der Waals surface area contributed by atoms with E-state index in [-0.39, 0.29) is 23.7 Å². The molecule has 2 unspecified atom stereocenters. The summed E-state index contributed by atoms with van der Waals surface area (Å²) in [6.45, 7) is 3.08. The first-order valence-electron chi connectivity index (χ1n) is 11.9. The van der Waals surface area contributed by atoms with E-state index in [4.69, 9.17) is 0 Å². The fourth-order valence-corrected chi connectivity index (χ4v) is 5.08. The highest BCUT2D eigenvalue weighted by molar-refractivity contribution is 14.1. The molecule has 3 aromatic rings. The number of alkyl halides is 3. The van der Waals surface area contributed by atoms with Crippen molar-refractivity contribution in [1.29, 1.82) is 0 Å². The number of ether oxygens (including phenoxy) is 2. The lowest BCUT2D eigenvalue weighted by atomic mass is 9.90. The SMILES string of the molecule is CC(C)(c1cc2cc(NC(=O)C3(c4ccc5c(c4)OC(F)(F)O5)CC3)c(F)cc2n1CC(O)CO)C(O)I. The van der Waals surface area contributed by atoms with E-state index in [2.05, 4.69) is 14.8 Å². The number of rotatable bonds is 8. The molecule has 1 aliphatic carbocycles. The van der Waals surface area contributed by atoms with Gasteiger partial charge in [-0.05, 0) is 42.7 Å². The largest absolute Gasteiger partial charge is 0.586 e. The monoisotopic (exact) mass is 646 g/mol. The maximum Gasteiger partial charge on any atom is 0.586 e. The Bertz CT molecular complexity index is 1420. The van der Waals surface area contributed by atoms with Crippen molar-refractivity contribution in [2.75, 3.05) is 11.9 Å². The van der Waals surface area contributed by atoms with Crippen LogP contribution in [-0.4, -0.2) is 48.9 Å². The molecule has 0 radical (unpaired) electrons. The number of halogens is 4. The lowest BCUT2D eigenvalue weighted by molar-refractivity contribution is -0.286. The Kier molecular flexibility index (Phi) is 6.60. The van der Waals surface area contributed by atoms with Gasteiger partial charge in [0.2, 0.25) is 5.91 Å². The van der Waals surface area contributed by atoms with Crippen LogP contribution in [-0.2, 0) is 22.2 Å². The maximum absolute atomic E-state index is 15.3. The van der Waals surface area contributed by atoms with E-state index in [1.807, 2.05) is 22.6 Å². The van der Waals surface area contributed by atoms with Gasteiger partial charge in [-0.1, -0.05) is 42.5 Å². The summed E-state index contributed by atoms with van der Waals surface area (Å²) in [7, 11) is 0. The number of aliphatic hydroxyl groups excluding tert-OH is 3. The predicted octanol–water partition coefficient (Wildman–Crippen LogP) is 4.16.